The molecule has 0 aliphatic carbocycles. The molecule has 8 nitrogen and oxygen atoms in total. The monoisotopic (exact) mass is 414 g/mol. The fourth-order valence-corrected chi connectivity index (χ4v) is 4.05. The minimum atomic E-state index is -3.71. The number of nitrogens with zero attached hydrogens (tertiary/aromatic N) is 4. The van der Waals surface area contributed by atoms with E-state index in [0.29, 0.717) is 11.1 Å². The summed E-state index contributed by atoms with van der Waals surface area (Å²) in [6.45, 7) is 3.21. The number of aryl methyl sites for hydroxylation is 3. The average Bonchev–Trinajstić information content (AvgIpc) is 2.87. The second kappa shape index (κ2) is 7.67. The molecule has 29 heavy (non-hydrogen) atoms. The minimum Gasteiger partial charge on any atom is -0.493 e. The van der Waals surface area contributed by atoms with Crippen molar-refractivity contribution in [1.82, 2.24) is 4.57 Å². The number of sulfonamides is 1. The molecular formula is C20H22N4O4S. The van der Waals surface area contributed by atoms with Gasteiger partial charge in [-0.2, -0.15) is 0 Å². The number of benzene rings is 2. The maximum atomic E-state index is 12.4. The summed E-state index contributed by atoms with van der Waals surface area (Å²) in [5, 5.41) is 18.5. The maximum absolute atomic E-state index is 12.4. The number of amides is 1. The molecule has 0 unspecified atom stereocenters. The Kier molecular flexibility index (Phi) is 5.43. The Morgan fingerprint density at radius 1 is 1.14 bits per heavy atom. The van der Waals surface area contributed by atoms with Gasteiger partial charge in [-0.05, 0) is 43.2 Å². The molecule has 0 saturated heterocycles. The number of hydrogen-bond acceptors (Lipinski definition) is 5. The number of aromatic nitrogens is 1. The number of aromatic hydroxyl groups is 1. The van der Waals surface area contributed by atoms with E-state index >= 15 is 0 Å². The summed E-state index contributed by atoms with van der Waals surface area (Å²) in [4.78, 5) is 12.4. The number of carbonyl (C=O) groups is 1. The lowest BCUT2D eigenvalue weighted by atomic mass is 10.1. The highest BCUT2D eigenvalue weighted by Gasteiger charge is 2.22. The minimum absolute atomic E-state index is 0.128. The Morgan fingerprint density at radius 2 is 1.76 bits per heavy atom. The van der Waals surface area contributed by atoms with Gasteiger partial charge in [-0.25, -0.2) is 8.42 Å². The molecule has 3 rings (SSSR count). The van der Waals surface area contributed by atoms with Gasteiger partial charge in [-0.3, -0.25) is 9.10 Å². The topological polar surface area (TPSA) is 104 Å². The zero-order valence-electron chi connectivity index (χ0n) is 16.6. The Hall–Kier alpha value is -3.20. The first kappa shape index (κ1) is 20.5. The summed E-state index contributed by atoms with van der Waals surface area (Å²) in [6.07, 6.45) is 1.03. The normalized spacial score (nSPS) is 12.0. The Labute approximate surface area is 169 Å². The summed E-state index contributed by atoms with van der Waals surface area (Å²) >= 11 is 0. The molecular weight excluding hydrogens is 392 g/mol. The third-order valence-corrected chi connectivity index (χ3v) is 5.63. The lowest BCUT2D eigenvalue weighted by Crippen LogP contribution is -2.34. The van der Waals surface area contributed by atoms with Crippen molar-refractivity contribution in [2.75, 3.05) is 17.1 Å². The standard InChI is InChI=1S/C20H22N4O4S/c1-13-9-14(2)11-15(10-13)24(29(4,27)28)12-18(25)21-22-19-16-7-5-6-8-17(16)23(3)20(19)26/h5-11,26H,12H2,1-4H3. The fraction of sp³-hybridized carbons (Fsp3) is 0.250. The van der Waals surface area contributed by atoms with Crippen molar-refractivity contribution >= 4 is 38.2 Å². The van der Waals surface area contributed by atoms with E-state index < -0.39 is 22.5 Å². The van der Waals surface area contributed by atoms with Gasteiger partial charge in [0.15, 0.2) is 5.69 Å². The Balaban J connectivity index is 1.91. The van der Waals surface area contributed by atoms with E-state index in [4.69, 9.17) is 0 Å². The van der Waals surface area contributed by atoms with E-state index in [9.17, 15) is 18.3 Å². The summed E-state index contributed by atoms with van der Waals surface area (Å²) in [6, 6.07) is 12.5. The molecule has 0 radical (unpaired) electrons. The molecule has 1 aromatic heterocycles. The van der Waals surface area contributed by atoms with E-state index in [-0.39, 0.29) is 11.6 Å². The van der Waals surface area contributed by atoms with Crippen LogP contribution in [0.25, 0.3) is 10.9 Å². The molecule has 0 aliphatic rings. The first-order valence-corrected chi connectivity index (χ1v) is 10.7. The van der Waals surface area contributed by atoms with Crippen LogP contribution in [0, 0.1) is 13.8 Å². The van der Waals surface area contributed by atoms with Gasteiger partial charge in [0, 0.05) is 12.4 Å². The SMILES string of the molecule is Cc1cc(C)cc(N(CC(=O)N=Nc2c(O)n(C)c3ccccc23)S(C)(=O)=O)c1. The fourth-order valence-electron chi connectivity index (χ4n) is 3.21. The Morgan fingerprint density at radius 3 is 2.38 bits per heavy atom. The van der Waals surface area contributed by atoms with E-state index in [1.807, 2.05) is 26.0 Å². The van der Waals surface area contributed by atoms with Gasteiger partial charge in [0.1, 0.15) is 6.54 Å². The van der Waals surface area contributed by atoms with Crippen molar-refractivity contribution in [1.29, 1.82) is 0 Å². The molecule has 1 heterocycles. The molecule has 1 N–H and O–H groups in total. The molecule has 1 amide bonds. The van der Waals surface area contributed by atoms with Crippen molar-refractivity contribution < 1.29 is 18.3 Å². The first-order valence-electron chi connectivity index (χ1n) is 8.85. The first-order chi connectivity index (χ1) is 13.6. The van der Waals surface area contributed by atoms with Crippen molar-refractivity contribution in [3.05, 3.63) is 53.6 Å². The predicted molar refractivity (Wildman–Crippen MR) is 112 cm³/mol. The van der Waals surface area contributed by atoms with Gasteiger partial charge in [-0.1, -0.05) is 24.3 Å². The van der Waals surface area contributed by atoms with Crippen LogP contribution in [0.15, 0.2) is 52.7 Å². The number of hydrogen-bond donors (Lipinski definition) is 1. The van der Waals surface area contributed by atoms with Gasteiger partial charge in [-0.15, -0.1) is 10.2 Å². The zero-order chi connectivity index (χ0) is 21.3. The van der Waals surface area contributed by atoms with Crippen LogP contribution in [0.2, 0.25) is 0 Å². The van der Waals surface area contributed by atoms with E-state index in [1.165, 1.54) is 4.57 Å². The molecule has 152 valence electrons. The van der Waals surface area contributed by atoms with Crippen molar-refractivity contribution in [3.63, 3.8) is 0 Å². The summed E-state index contributed by atoms with van der Waals surface area (Å²) in [5.74, 6) is -0.876. The second-order valence-corrected chi connectivity index (χ2v) is 8.86. The molecule has 0 spiro atoms. The van der Waals surface area contributed by atoms with Crippen LogP contribution in [0.1, 0.15) is 11.1 Å². The highest BCUT2D eigenvalue weighted by atomic mass is 32.2. The third-order valence-electron chi connectivity index (χ3n) is 4.49. The van der Waals surface area contributed by atoms with Gasteiger partial charge in [0.25, 0.3) is 5.91 Å². The van der Waals surface area contributed by atoms with Crippen molar-refractivity contribution in [2.45, 2.75) is 13.8 Å². The van der Waals surface area contributed by atoms with Crippen molar-refractivity contribution in [3.8, 4) is 5.88 Å². The number of anilines is 1. The van der Waals surface area contributed by atoms with Crippen LogP contribution in [0.5, 0.6) is 5.88 Å². The highest BCUT2D eigenvalue weighted by Crippen LogP contribution is 2.37. The lowest BCUT2D eigenvalue weighted by molar-refractivity contribution is -0.116. The Bertz CT molecular complexity index is 1210. The van der Waals surface area contributed by atoms with E-state index in [1.54, 1.807) is 37.4 Å². The molecule has 0 bridgehead atoms. The summed E-state index contributed by atoms with van der Waals surface area (Å²) < 4.78 is 27.0. The average molecular weight is 414 g/mol. The molecule has 0 aliphatic heterocycles. The van der Waals surface area contributed by atoms with Gasteiger partial charge in [0.2, 0.25) is 15.9 Å². The molecule has 0 saturated carbocycles. The number of fused-ring (bicyclic) bond motifs is 1. The van der Waals surface area contributed by atoms with Crippen LogP contribution in [0.3, 0.4) is 0 Å². The van der Waals surface area contributed by atoms with Gasteiger partial charge in [0.05, 0.1) is 17.5 Å². The largest absolute Gasteiger partial charge is 0.493 e. The van der Waals surface area contributed by atoms with Crippen molar-refractivity contribution in [2.24, 2.45) is 17.3 Å². The van der Waals surface area contributed by atoms with Crippen LogP contribution in [0.4, 0.5) is 11.4 Å². The quantitative estimate of drug-likeness (QED) is 0.644. The molecule has 3 aromatic rings. The predicted octanol–water partition coefficient (Wildman–Crippen LogP) is 3.58. The number of para-hydroxylation sites is 1. The van der Waals surface area contributed by atoms with E-state index in [0.717, 1.165) is 27.2 Å². The second-order valence-electron chi connectivity index (χ2n) is 6.96. The summed E-state index contributed by atoms with van der Waals surface area (Å²) in [7, 11) is -2.04. The van der Waals surface area contributed by atoms with Gasteiger partial charge >= 0.3 is 0 Å². The molecule has 0 atom stereocenters. The van der Waals surface area contributed by atoms with Gasteiger partial charge < -0.3 is 9.67 Å². The van der Waals surface area contributed by atoms with Crippen LogP contribution in [-0.2, 0) is 21.9 Å². The molecule has 9 heteroatoms. The summed E-state index contributed by atoms with van der Waals surface area (Å²) in [5.41, 5.74) is 3.04. The lowest BCUT2D eigenvalue weighted by Gasteiger charge is -2.21. The zero-order valence-corrected chi connectivity index (χ0v) is 17.4. The molecule has 0 fully saturated rings. The number of carbonyl (C=O) groups excluding carboxylic acids is 1. The maximum Gasteiger partial charge on any atom is 0.285 e. The third kappa shape index (κ3) is 4.29. The molecule has 2 aromatic carbocycles. The van der Waals surface area contributed by atoms with Crippen LogP contribution >= 0.6 is 0 Å². The van der Waals surface area contributed by atoms with E-state index in [2.05, 4.69) is 10.2 Å². The highest BCUT2D eigenvalue weighted by molar-refractivity contribution is 7.92. The smallest absolute Gasteiger partial charge is 0.285 e. The van der Waals surface area contributed by atoms with Crippen LogP contribution in [-0.4, -0.2) is 36.8 Å². The number of azo groups is 1. The van der Waals surface area contributed by atoms with Crippen LogP contribution < -0.4 is 4.31 Å². The number of rotatable bonds is 5.